The Kier molecular flexibility index (Phi) is 5.86. The van der Waals surface area contributed by atoms with Gasteiger partial charge in [-0.05, 0) is 20.8 Å². The standard InChI is InChI=1S/C13H23BO5/c1-8(2)17-6-9-10(15)11(12(14)19-9)18-7-13(3,4)16-5/h9-12,15H,1,6-7H2,2-5H3. The highest BCUT2D eigenvalue weighted by Gasteiger charge is 2.42. The van der Waals surface area contributed by atoms with Crippen molar-refractivity contribution in [2.75, 3.05) is 20.3 Å². The van der Waals surface area contributed by atoms with Gasteiger partial charge in [0.2, 0.25) is 0 Å². The molecule has 1 N–H and O–H groups in total. The minimum Gasteiger partial charge on any atom is -0.496 e. The van der Waals surface area contributed by atoms with Crippen molar-refractivity contribution in [3.8, 4) is 0 Å². The third-order valence-corrected chi connectivity index (χ3v) is 3.04. The molecule has 1 aliphatic heterocycles. The van der Waals surface area contributed by atoms with Crippen molar-refractivity contribution in [2.45, 2.75) is 50.7 Å². The lowest BCUT2D eigenvalue weighted by atomic mass is 9.92. The van der Waals surface area contributed by atoms with Gasteiger partial charge in [-0.1, -0.05) is 6.58 Å². The second-order valence-electron chi connectivity index (χ2n) is 5.38. The largest absolute Gasteiger partial charge is 0.496 e. The van der Waals surface area contributed by atoms with Crippen LogP contribution >= 0.6 is 0 Å². The van der Waals surface area contributed by atoms with Crippen molar-refractivity contribution >= 4 is 7.85 Å². The highest BCUT2D eigenvalue weighted by molar-refractivity contribution is 6.11. The number of rotatable bonds is 7. The van der Waals surface area contributed by atoms with Crippen LogP contribution in [0.25, 0.3) is 0 Å². The zero-order valence-corrected chi connectivity index (χ0v) is 12.1. The van der Waals surface area contributed by atoms with E-state index in [1.54, 1.807) is 14.0 Å². The van der Waals surface area contributed by atoms with Gasteiger partial charge in [0.1, 0.15) is 32.8 Å². The third kappa shape index (κ3) is 4.80. The minimum atomic E-state index is -0.831. The predicted molar refractivity (Wildman–Crippen MR) is 72.0 cm³/mol. The van der Waals surface area contributed by atoms with Crippen molar-refractivity contribution in [2.24, 2.45) is 0 Å². The fourth-order valence-electron chi connectivity index (χ4n) is 1.68. The van der Waals surface area contributed by atoms with Gasteiger partial charge in [-0.3, -0.25) is 0 Å². The van der Waals surface area contributed by atoms with Gasteiger partial charge in [0.05, 0.1) is 18.0 Å². The van der Waals surface area contributed by atoms with E-state index < -0.39 is 29.9 Å². The average molecular weight is 270 g/mol. The van der Waals surface area contributed by atoms with Crippen LogP contribution in [0.2, 0.25) is 0 Å². The van der Waals surface area contributed by atoms with Crippen LogP contribution in [0.15, 0.2) is 12.3 Å². The second kappa shape index (κ2) is 6.75. The van der Waals surface area contributed by atoms with E-state index in [2.05, 4.69) is 6.58 Å². The molecule has 0 amide bonds. The summed E-state index contributed by atoms with van der Waals surface area (Å²) in [4.78, 5) is 0. The van der Waals surface area contributed by atoms with Crippen LogP contribution < -0.4 is 0 Å². The monoisotopic (exact) mass is 270 g/mol. The maximum atomic E-state index is 10.1. The van der Waals surface area contributed by atoms with Gasteiger partial charge in [0, 0.05) is 13.1 Å². The fourth-order valence-corrected chi connectivity index (χ4v) is 1.68. The minimum absolute atomic E-state index is 0.206. The number of aliphatic hydroxyl groups is 1. The Morgan fingerprint density at radius 2 is 2.11 bits per heavy atom. The highest BCUT2D eigenvalue weighted by atomic mass is 16.6. The SMILES string of the molecule is [B]C1OC(COC(=C)C)C(O)C1OCC(C)(C)OC. The molecule has 4 unspecified atom stereocenters. The van der Waals surface area contributed by atoms with Gasteiger partial charge < -0.3 is 24.1 Å². The number of hydrogen-bond acceptors (Lipinski definition) is 5. The van der Waals surface area contributed by atoms with E-state index in [0.717, 1.165) is 0 Å². The number of allylic oxidation sites excluding steroid dienone is 1. The predicted octanol–water partition coefficient (Wildman–Crippen LogP) is 0.601. The topological polar surface area (TPSA) is 57.2 Å². The molecule has 108 valence electrons. The van der Waals surface area contributed by atoms with Crippen molar-refractivity contribution in [1.82, 2.24) is 0 Å². The summed E-state index contributed by atoms with van der Waals surface area (Å²) in [5.41, 5.74) is -0.439. The molecule has 1 heterocycles. The van der Waals surface area contributed by atoms with Crippen LogP contribution in [0.1, 0.15) is 20.8 Å². The van der Waals surface area contributed by atoms with E-state index >= 15 is 0 Å². The Morgan fingerprint density at radius 1 is 1.47 bits per heavy atom. The van der Waals surface area contributed by atoms with Crippen LogP contribution in [0.3, 0.4) is 0 Å². The quantitative estimate of drug-likeness (QED) is 0.542. The molecule has 1 rings (SSSR count). The summed E-state index contributed by atoms with van der Waals surface area (Å²) in [6.07, 6.45) is -1.93. The van der Waals surface area contributed by atoms with Crippen molar-refractivity contribution < 1.29 is 24.1 Å². The van der Waals surface area contributed by atoms with E-state index in [1.165, 1.54) is 0 Å². The van der Waals surface area contributed by atoms with E-state index in [0.29, 0.717) is 12.4 Å². The molecule has 0 aromatic rings. The number of hydrogen-bond donors (Lipinski definition) is 1. The lowest BCUT2D eigenvalue weighted by Crippen LogP contribution is -2.41. The highest BCUT2D eigenvalue weighted by Crippen LogP contribution is 2.24. The number of methoxy groups -OCH3 is 1. The molecule has 2 radical (unpaired) electrons. The summed E-state index contributed by atoms with van der Waals surface area (Å²) in [6.45, 7) is 9.66. The first-order chi connectivity index (χ1) is 8.76. The van der Waals surface area contributed by atoms with Gasteiger partial charge in [-0.25, -0.2) is 0 Å². The average Bonchev–Trinajstić information content (AvgIpc) is 2.60. The molecule has 1 saturated heterocycles. The summed E-state index contributed by atoms with van der Waals surface area (Å²) >= 11 is 0. The van der Waals surface area contributed by atoms with E-state index in [9.17, 15) is 5.11 Å². The molecule has 0 bridgehead atoms. The maximum absolute atomic E-state index is 10.1. The smallest absolute Gasteiger partial charge is 0.119 e. The molecule has 5 nitrogen and oxygen atoms in total. The third-order valence-electron chi connectivity index (χ3n) is 3.04. The van der Waals surface area contributed by atoms with Crippen molar-refractivity contribution in [3.05, 3.63) is 12.3 Å². The summed E-state index contributed by atoms with van der Waals surface area (Å²) < 4.78 is 21.5. The van der Waals surface area contributed by atoms with Gasteiger partial charge in [0.15, 0.2) is 0 Å². The zero-order chi connectivity index (χ0) is 14.6. The lowest BCUT2D eigenvalue weighted by molar-refractivity contribution is -0.0987. The maximum Gasteiger partial charge on any atom is 0.119 e. The lowest BCUT2D eigenvalue weighted by Gasteiger charge is -2.27. The van der Waals surface area contributed by atoms with E-state index in [-0.39, 0.29) is 6.61 Å². The van der Waals surface area contributed by atoms with Crippen LogP contribution in [0.4, 0.5) is 0 Å². The van der Waals surface area contributed by atoms with Gasteiger partial charge >= 0.3 is 0 Å². The van der Waals surface area contributed by atoms with Crippen LogP contribution in [-0.2, 0) is 18.9 Å². The molecule has 0 spiro atoms. The van der Waals surface area contributed by atoms with E-state index in [1.807, 2.05) is 13.8 Å². The van der Waals surface area contributed by atoms with Crippen molar-refractivity contribution in [1.29, 1.82) is 0 Å². The normalized spacial score (nSPS) is 31.4. The Hall–Kier alpha value is -0.555. The number of ether oxygens (including phenoxy) is 4. The molecule has 6 heteroatoms. The molecule has 1 fully saturated rings. The molecule has 0 saturated carbocycles. The first-order valence-corrected chi connectivity index (χ1v) is 6.31. The second-order valence-corrected chi connectivity index (χ2v) is 5.38. The van der Waals surface area contributed by atoms with Crippen LogP contribution in [0, 0.1) is 0 Å². The first kappa shape index (κ1) is 16.5. The summed E-state index contributed by atoms with van der Waals surface area (Å²) in [5.74, 6) is 0.564. The molecular weight excluding hydrogens is 247 g/mol. The van der Waals surface area contributed by atoms with Gasteiger partial charge in [-0.15, -0.1) is 0 Å². The fraction of sp³-hybridized carbons (Fsp3) is 0.846. The molecule has 0 aromatic heterocycles. The summed E-state index contributed by atoms with van der Waals surface area (Å²) in [6, 6.07) is -0.679. The van der Waals surface area contributed by atoms with Gasteiger partial charge in [0.25, 0.3) is 0 Å². The number of aliphatic hydroxyl groups excluding tert-OH is 1. The Labute approximate surface area is 116 Å². The summed E-state index contributed by atoms with van der Waals surface area (Å²) in [7, 11) is 7.42. The van der Waals surface area contributed by atoms with Crippen LogP contribution in [-0.4, -0.2) is 63.2 Å². The Balaban J connectivity index is 2.49. The Morgan fingerprint density at radius 3 is 2.63 bits per heavy atom. The molecule has 1 aliphatic rings. The zero-order valence-electron chi connectivity index (χ0n) is 12.1. The van der Waals surface area contributed by atoms with Gasteiger partial charge in [-0.2, -0.15) is 0 Å². The molecule has 4 atom stereocenters. The molecule has 19 heavy (non-hydrogen) atoms. The summed E-state index contributed by atoms with van der Waals surface area (Å²) in [5, 5.41) is 10.1. The van der Waals surface area contributed by atoms with Crippen molar-refractivity contribution in [3.63, 3.8) is 0 Å². The first-order valence-electron chi connectivity index (χ1n) is 6.31. The molecular formula is C13H23BO5. The Bertz CT molecular complexity index is 307. The van der Waals surface area contributed by atoms with Crippen LogP contribution in [0.5, 0.6) is 0 Å². The van der Waals surface area contributed by atoms with E-state index in [4.69, 9.17) is 26.8 Å². The molecule has 0 aliphatic carbocycles. The molecule has 0 aromatic carbocycles.